The molecule has 8 heteroatoms. The minimum atomic E-state index is -0.642. The summed E-state index contributed by atoms with van der Waals surface area (Å²) in [6.07, 6.45) is -1.12. The average molecular weight is 759 g/mol. The van der Waals surface area contributed by atoms with Gasteiger partial charge in [0.15, 0.2) is 12.1 Å². The van der Waals surface area contributed by atoms with Crippen LogP contribution in [0.2, 0.25) is 0 Å². The van der Waals surface area contributed by atoms with E-state index in [1.165, 1.54) is 0 Å². The number of aliphatic hydroxyl groups is 1. The molecule has 0 radical (unpaired) electrons. The second kappa shape index (κ2) is 17.4. The molecule has 1 fully saturated rings. The lowest BCUT2D eigenvalue weighted by Crippen LogP contribution is -2.38. The van der Waals surface area contributed by atoms with Crippen LogP contribution in [0, 0.1) is 5.92 Å². The van der Waals surface area contributed by atoms with Crippen LogP contribution in [-0.4, -0.2) is 27.9 Å². The Morgan fingerprint density at radius 1 is 0.679 bits per heavy atom. The molecule has 56 heavy (non-hydrogen) atoms. The topological polar surface area (TPSA) is 93.8 Å². The molecule has 8 rings (SSSR count). The van der Waals surface area contributed by atoms with Crippen molar-refractivity contribution in [2.24, 2.45) is 5.92 Å². The molecule has 1 aliphatic rings. The van der Waals surface area contributed by atoms with Crippen LogP contribution in [0.4, 0.5) is 0 Å². The Balaban J connectivity index is 1.05. The smallest absolute Gasteiger partial charge is 0.256 e. The summed E-state index contributed by atoms with van der Waals surface area (Å²) in [6.45, 7) is 2.55. The summed E-state index contributed by atoms with van der Waals surface area (Å²) in [6, 6.07) is 53.8. The quantitative estimate of drug-likeness (QED) is 0.120. The largest absolute Gasteiger partial charge is 0.431 e. The van der Waals surface area contributed by atoms with Crippen LogP contribution in [0.3, 0.4) is 0 Å². The van der Waals surface area contributed by atoms with Crippen molar-refractivity contribution >= 4 is 17.7 Å². The van der Waals surface area contributed by atoms with Crippen molar-refractivity contribution in [3.8, 4) is 33.7 Å². The van der Waals surface area contributed by atoms with Gasteiger partial charge in [-0.15, -0.1) is 0 Å². The van der Waals surface area contributed by atoms with Gasteiger partial charge in [0, 0.05) is 40.5 Å². The number of hydrogen-bond acceptors (Lipinski definition) is 7. The standard InChI is InChI=1S/C48H42N2O5S/c1-32-42(31-56-48-50-43(35-14-5-2-6-15-35)45(55-48)36-16-7-3-8-17-36)53-47(54-44(32)37-25-23-33(30-51)24-26-37)41-22-12-21-40(28-41)39-20-11-13-34(27-39)29-49-46(52)38-18-9-4-10-19-38/h2-28,32,42,44,47,51H,29-31H2,1H3,(H,49,52). The highest BCUT2D eigenvalue weighted by atomic mass is 32.2. The Hall–Kier alpha value is -5.77. The fraction of sp³-hybridized carbons (Fsp3) is 0.167. The summed E-state index contributed by atoms with van der Waals surface area (Å²) in [5.41, 5.74) is 9.20. The number of aliphatic hydroxyl groups excluding tert-OH is 1. The predicted molar refractivity (Wildman–Crippen MR) is 221 cm³/mol. The number of nitrogens with zero attached hydrogens (tertiary/aromatic N) is 1. The number of ether oxygens (including phenoxy) is 2. The number of oxazole rings is 1. The number of carbonyl (C=O) groups excluding carboxylic acids is 1. The number of carbonyl (C=O) groups is 1. The molecule has 1 aliphatic heterocycles. The van der Waals surface area contributed by atoms with Gasteiger partial charge in [0.1, 0.15) is 5.69 Å². The molecule has 0 saturated carbocycles. The first kappa shape index (κ1) is 37.2. The minimum Gasteiger partial charge on any atom is -0.431 e. The first-order valence-corrected chi connectivity index (χ1v) is 19.8. The lowest BCUT2D eigenvalue weighted by atomic mass is 9.91. The summed E-state index contributed by atoms with van der Waals surface area (Å²) in [7, 11) is 0. The summed E-state index contributed by atoms with van der Waals surface area (Å²) in [5.74, 6) is 1.20. The summed E-state index contributed by atoms with van der Waals surface area (Å²) >= 11 is 1.54. The SMILES string of the molecule is CC1C(CSc2nc(-c3ccccc3)c(-c3ccccc3)o2)OC(c2cccc(-c3cccc(CNC(=O)c4ccccc4)c3)c2)OC1c1ccc(CO)cc1. The van der Waals surface area contributed by atoms with E-state index in [4.69, 9.17) is 18.9 Å². The molecule has 2 heterocycles. The van der Waals surface area contributed by atoms with Crippen LogP contribution >= 0.6 is 11.8 Å². The zero-order valence-corrected chi connectivity index (χ0v) is 31.8. The predicted octanol–water partition coefficient (Wildman–Crippen LogP) is 10.7. The highest BCUT2D eigenvalue weighted by Gasteiger charge is 2.39. The summed E-state index contributed by atoms with van der Waals surface area (Å²) in [4.78, 5) is 17.7. The van der Waals surface area contributed by atoms with Crippen LogP contribution in [0.15, 0.2) is 173 Å². The Kier molecular flexibility index (Phi) is 11.5. The first-order valence-electron chi connectivity index (χ1n) is 18.8. The third-order valence-electron chi connectivity index (χ3n) is 10.1. The molecule has 1 aromatic heterocycles. The number of nitrogens with one attached hydrogen (secondary N) is 1. The van der Waals surface area contributed by atoms with Crippen molar-refractivity contribution in [3.05, 3.63) is 192 Å². The molecule has 1 amide bonds. The van der Waals surface area contributed by atoms with Crippen LogP contribution in [-0.2, 0) is 22.6 Å². The Labute approximate surface area is 331 Å². The second-order valence-electron chi connectivity index (χ2n) is 13.9. The maximum absolute atomic E-state index is 12.7. The molecule has 0 spiro atoms. The van der Waals surface area contributed by atoms with E-state index in [0.717, 1.165) is 56.0 Å². The molecule has 1 saturated heterocycles. The summed E-state index contributed by atoms with van der Waals surface area (Å²) in [5, 5.41) is 13.3. The highest BCUT2D eigenvalue weighted by Crippen LogP contribution is 2.44. The zero-order valence-electron chi connectivity index (χ0n) is 31.0. The van der Waals surface area contributed by atoms with Crippen molar-refractivity contribution in [1.29, 1.82) is 0 Å². The van der Waals surface area contributed by atoms with Crippen molar-refractivity contribution in [1.82, 2.24) is 10.3 Å². The molecule has 7 aromatic rings. The van der Waals surface area contributed by atoms with E-state index in [2.05, 4.69) is 36.5 Å². The second-order valence-corrected chi connectivity index (χ2v) is 14.9. The fourth-order valence-corrected chi connectivity index (χ4v) is 7.99. The highest BCUT2D eigenvalue weighted by molar-refractivity contribution is 7.99. The van der Waals surface area contributed by atoms with E-state index in [-0.39, 0.29) is 30.6 Å². The lowest BCUT2D eigenvalue weighted by Gasteiger charge is -2.41. The zero-order chi connectivity index (χ0) is 38.3. The molecule has 0 bridgehead atoms. The van der Waals surface area contributed by atoms with Crippen LogP contribution < -0.4 is 5.32 Å². The van der Waals surface area contributed by atoms with Gasteiger partial charge in [-0.25, -0.2) is 4.98 Å². The normalized spacial score (nSPS) is 18.0. The van der Waals surface area contributed by atoms with Gasteiger partial charge in [0.25, 0.3) is 11.1 Å². The molecule has 7 nitrogen and oxygen atoms in total. The molecule has 2 N–H and O–H groups in total. The average Bonchev–Trinajstić information content (AvgIpc) is 3.71. The number of aromatic nitrogens is 1. The van der Waals surface area contributed by atoms with Gasteiger partial charge in [0.2, 0.25) is 0 Å². The van der Waals surface area contributed by atoms with Gasteiger partial charge in [-0.3, -0.25) is 4.79 Å². The van der Waals surface area contributed by atoms with E-state index in [1.54, 1.807) is 11.8 Å². The van der Waals surface area contributed by atoms with Crippen LogP contribution in [0.1, 0.15) is 51.9 Å². The number of amides is 1. The van der Waals surface area contributed by atoms with Crippen LogP contribution in [0.25, 0.3) is 33.7 Å². The maximum atomic E-state index is 12.7. The number of thioether (sulfide) groups is 1. The molecule has 280 valence electrons. The van der Waals surface area contributed by atoms with Crippen molar-refractivity contribution in [3.63, 3.8) is 0 Å². The lowest BCUT2D eigenvalue weighted by molar-refractivity contribution is -0.268. The third-order valence-corrected chi connectivity index (χ3v) is 11.0. The number of hydrogen-bond donors (Lipinski definition) is 2. The minimum absolute atomic E-state index is 0.0122. The van der Waals surface area contributed by atoms with Crippen molar-refractivity contribution < 1.29 is 23.8 Å². The molecule has 4 atom stereocenters. The monoisotopic (exact) mass is 758 g/mol. The molecule has 0 aliphatic carbocycles. The van der Waals surface area contributed by atoms with Crippen molar-refractivity contribution in [2.75, 3.05) is 5.75 Å². The van der Waals surface area contributed by atoms with Gasteiger partial charge in [-0.1, -0.05) is 158 Å². The molecule has 6 aromatic carbocycles. The van der Waals surface area contributed by atoms with E-state index in [0.29, 0.717) is 23.1 Å². The fourth-order valence-electron chi connectivity index (χ4n) is 7.00. The Bertz CT molecular complexity index is 2310. The van der Waals surface area contributed by atoms with Gasteiger partial charge < -0.3 is 24.3 Å². The van der Waals surface area contributed by atoms with Gasteiger partial charge >= 0.3 is 0 Å². The van der Waals surface area contributed by atoms with E-state index in [9.17, 15) is 9.90 Å². The van der Waals surface area contributed by atoms with Crippen molar-refractivity contribution in [2.45, 2.75) is 43.8 Å². The summed E-state index contributed by atoms with van der Waals surface area (Å²) < 4.78 is 20.1. The molecular formula is C48H42N2O5S. The maximum Gasteiger partial charge on any atom is 0.256 e. The third kappa shape index (κ3) is 8.54. The Morgan fingerprint density at radius 2 is 1.32 bits per heavy atom. The molecular weight excluding hydrogens is 717 g/mol. The number of rotatable bonds is 12. The first-order chi connectivity index (χ1) is 27.5. The van der Waals surface area contributed by atoms with Crippen LogP contribution in [0.5, 0.6) is 0 Å². The van der Waals surface area contributed by atoms with Gasteiger partial charge in [-0.05, 0) is 52.1 Å². The molecule has 4 unspecified atom stereocenters. The van der Waals surface area contributed by atoms with Gasteiger partial charge in [0.05, 0.1) is 18.8 Å². The van der Waals surface area contributed by atoms with E-state index < -0.39 is 6.29 Å². The van der Waals surface area contributed by atoms with E-state index in [1.807, 2.05) is 140 Å². The van der Waals surface area contributed by atoms with E-state index >= 15 is 0 Å². The Morgan fingerprint density at radius 3 is 2.04 bits per heavy atom. The van der Waals surface area contributed by atoms with Gasteiger partial charge in [-0.2, -0.15) is 0 Å². The number of benzene rings is 6.